The Morgan fingerprint density at radius 3 is 2.52 bits per heavy atom. The molecule has 156 valence electrons. The highest BCUT2D eigenvalue weighted by Gasteiger charge is 2.33. The van der Waals surface area contributed by atoms with Crippen molar-refractivity contribution in [2.75, 3.05) is 13.1 Å². The molecule has 1 amide bonds. The van der Waals surface area contributed by atoms with Crippen LogP contribution < -0.4 is 4.74 Å². The van der Waals surface area contributed by atoms with Crippen LogP contribution in [0.3, 0.4) is 0 Å². The van der Waals surface area contributed by atoms with Gasteiger partial charge in [-0.15, -0.1) is 0 Å². The van der Waals surface area contributed by atoms with Gasteiger partial charge in [0.1, 0.15) is 6.10 Å². The van der Waals surface area contributed by atoms with Crippen molar-refractivity contribution in [3.63, 3.8) is 0 Å². The second-order valence-corrected chi connectivity index (χ2v) is 8.75. The van der Waals surface area contributed by atoms with Crippen molar-refractivity contribution < 1.29 is 26.7 Å². The largest absolute Gasteiger partial charge is 0.458 e. The molecule has 10 heteroatoms. The first kappa shape index (κ1) is 21.1. The fourth-order valence-corrected chi connectivity index (χ4v) is 4.19. The van der Waals surface area contributed by atoms with E-state index >= 15 is 0 Å². The van der Waals surface area contributed by atoms with Gasteiger partial charge in [-0.05, 0) is 44.9 Å². The maximum absolute atomic E-state index is 13.0. The molecule has 1 aliphatic heterocycles. The molecule has 2 heterocycles. The fraction of sp³-hybridized carbons (Fsp3) is 0.421. The normalized spacial score (nSPS) is 17.4. The molecule has 0 saturated carbocycles. The van der Waals surface area contributed by atoms with E-state index in [2.05, 4.69) is 9.97 Å². The smallest absolute Gasteiger partial charge is 0.341 e. The first-order chi connectivity index (χ1) is 13.7. The van der Waals surface area contributed by atoms with Crippen molar-refractivity contribution in [2.45, 2.75) is 43.4 Å². The van der Waals surface area contributed by atoms with Gasteiger partial charge in [0, 0.05) is 17.9 Å². The maximum Gasteiger partial charge on any atom is 0.341 e. The van der Waals surface area contributed by atoms with Crippen LogP contribution in [-0.2, 0) is 9.84 Å². The average molecular weight is 425 g/mol. The van der Waals surface area contributed by atoms with E-state index in [9.17, 15) is 22.0 Å². The minimum atomic E-state index is -4.89. The molecule has 7 nitrogen and oxygen atoms in total. The molecular formula is C19H21F2N3O4S. The Bertz CT molecular complexity index is 994. The summed E-state index contributed by atoms with van der Waals surface area (Å²) >= 11 is 0. The SMILES string of the molecule is Cc1cc(C)nc(OC2CCCN(C(=O)c3ccccc3S(=O)(=O)C(F)F)C2)n1. The number of hydrogen-bond donors (Lipinski definition) is 0. The van der Waals surface area contributed by atoms with E-state index in [1.54, 1.807) is 0 Å². The number of alkyl halides is 2. The molecule has 29 heavy (non-hydrogen) atoms. The number of rotatable bonds is 5. The third-order valence-corrected chi connectivity index (χ3v) is 6.00. The number of aryl methyl sites for hydroxylation is 2. The topological polar surface area (TPSA) is 89.5 Å². The van der Waals surface area contributed by atoms with Gasteiger partial charge < -0.3 is 9.64 Å². The summed E-state index contributed by atoms with van der Waals surface area (Å²) in [4.78, 5) is 22.1. The maximum atomic E-state index is 13.0. The summed E-state index contributed by atoms with van der Waals surface area (Å²) in [5.41, 5.74) is 1.24. The number of likely N-dealkylation sites (tertiary alicyclic amines) is 1. The third-order valence-electron chi connectivity index (χ3n) is 4.56. The monoisotopic (exact) mass is 425 g/mol. The van der Waals surface area contributed by atoms with E-state index in [0.717, 1.165) is 17.5 Å². The molecule has 1 fully saturated rings. The number of carbonyl (C=O) groups is 1. The molecule has 2 aromatic rings. The van der Waals surface area contributed by atoms with E-state index in [4.69, 9.17) is 4.74 Å². The van der Waals surface area contributed by atoms with E-state index in [1.165, 1.54) is 23.1 Å². The lowest BCUT2D eigenvalue weighted by molar-refractivity contribution is 0.0511. The van der Waals surface area contributed by atoms with Gasteiger partial charge in [0.25, 0.3) is 5.91 Å². The quantitative estimate of drug-likeness (QED) is 0.732. The number of benzene rings is 1. The standard InChI is InChI=1S/C19H21F2N3O4S/c1-12-10-13(2)23-19(22-12)28-14-6-5-9-24(11-14)17(25)15-7-3-4-8-16(15)29(26,27)18(20)21/h3-4,7-8,10,14,18H,5-6,9,11H2,1-2H3. The third kappa shape index (κ3) is 4.69. The highest BCUT2D eigenvalue weighted by molar-refractivity contribution is 7.91. The van der Waals surface area contributed by atoms with Gasteiger partial charge >= 0.3 is 11.8 Å². The highest BCUT2D eigenvalue weighted by Crippen LogP contribution is 2.25. The van der Waals surface area contributed by atoms with E-state index in [-0.39, 0.29) is 24.2 Å². The predicted octanol–water partition coefficient (Wildman–Crippen LogP) is 2.77. The van der Waals surface area contributed by atoms with Crippen LogP contribution in [-0.4, -0.2) is 54.1 Å². The summed E-state index contributed by atoms with van der Waals surface area (Å²) in [7, 11) is -4.89. The van der Waals surface area contributed by atoms with Gasteiger partial charge in [0.15, 0.2) is 0 Å². The number of carbonyl (C=O) groups excluding carboxylic acids is 1. The first-order valence-corrected chi connectivity index (χ1v) is 10.6. The molecule has 1 aromatic carbocycles. The van der Waals surface area contributed by atoms with Crippen molar-refractivity contribution in [2.24, 2.45) is 0 Å². The van der Waals surface area contributed by atoms with Crippen molar-refractivity contribution in [3.05, 3.63) is 47.3 Å². The Labute approximate surface area is 167 Å². The molecule has 1 aromatic heterocycles. The lowest BCUT2D eigenvalue weighted by Crippen LogP contribution is -2.45. The number of aromatic nitrogens is 2. The number of ether oxygens (including phenoxy) is 1. The Morgan fingerprint density at radius 1 is 1.21 bits per heavy atom. The summed E-state index contributed by atoms with van der Waals surface area (Å²) in [6.07, 6.45) is 0.898. The summed E-state index contributed by atoms with van der Waals surface area (Å²) in [6, 6.07) is 7.04. The number of halogens is 2. The summed E-state index contributed by atoms with van der Waals surface area (Å²) in [6.45, 7) is 4.19. The van der Waals surface area contributed by atoms with Gasteiger partial charge in [-0.3, -0.25) is 4.79 Å². The molecule has 1 aliphatic rings. The second kappa shape index (κ2) is 8.40. The van der Waals surface area contributed by atoms with Crippen molar-refractivity contribution in [1.29, 1.82) is 0 Å². The first-order valence-electron chi connectivity index (χ1n) is 9.08. The zero-order valence-electron chi connectivity index (χ0n) is 16.0. The number of hydrogen-bond acceptors (Lipinski definition) is 6. The van der Waals surface area contributed by atoms with Gasteiger partial charge in [0.2, 0.25) is 9.84 Å². The van der Waals surface area contributed by atoms with Gasteiger partial charge in [-0.25, -0.2) is 18.4 Å². The highest BCUT2D eigenvalue weighted by atomic mass is 32.2. The van der Waals surface area contributed by atoms with E-state index in [1.807, 2.05) is 19.9 Å². The van der Waals surface area contributed by atoms with Gasteiger partial charge in [-0.2, -0.15) is 8.78 Å². The van der Waals surface area contributed by atoms with Crippen LogP contribution >= 0.6 is 0 Å². The molecular weight excluding hydrogens is 404 g/mol. The minimum absolute atomic E-state index is 0.179. The number of sulfone groups is 1. The average Bonchev–Trinajstić information content (AvgIpc) is 2.66. The van der Waals surface area contributed by atoms with Crippen LogP contribution in [0.25, 0.3) is 0 Å². The Kier molecular flexibility index (Phi) is 6.11. The molecule has 0 spiro atoms. The molecule has 1 atom stereocenters. The Hall–Kier alpha value is -2.62. The lowest BCUT2D eigenvalue weighted by Gasteiger charge is -2.32. The van der Waals surface area contributed by atoms with E-state index < -0.39 is 26.4 Å². The molecule has 1 saturated heterocycles. The van der Waals surface area contributed by atoms with Crippen LogP contribution in [0.5, 0.6) is 6.01 Å². The summed E-state index contributed by atoms with van der Waals surface area (Å²) < 4.78 is 55.7. The van der Waals surface area contributed by atoms with Crippen LogP contribution in [0.15, 0.2) is 35.2 Å². The molecule has 1 unspecified atom stereocenters. The van der Waals surface area contributed by atoms with E-state index in [0.29, 0.717) is 19.4 Å². The van der Waals surface area contributed by atoms with Crippen LogP contribution in [0, 0.1) is 13.8 Å². The zero-order chi connectivity index (χ0) is 21.2. The van der Waals surface area contributed by atoms with Crippen molar-refractivity contribution >= 4 is 15.7 Å². The summed E-state index contributed by atoms with van der Waals surface area (Å²) in [5, 5.41) is 0. The number of nitrogens with zero attached hydrogens (tertiary/aromatic N) is 3. The Morgan fingerprint density at radius 2 is 1.86 bits per heavy atom. The lowest BCUT2D eigenvalue weighted by atomic mass is 10.1. The number of amides is 1. The minimum Gasteiger partial charge on any atom is -0.458 e. The molecule has 3 rings (SSSR count). The molecule has 0 aliphatic carbocycles. The van der Waals surface area contributed by atoms with Crippen LogP contribution in [0.1, 0.15) is 34.6 Å². The van der Waals surface area contributed by atoms with Crippen LogP contribution in [0.4, 0.5) is 8.78 Å². The van der Waals surface area contributed by atoms with Gasteiger partial charge in [-0.1, -0.05) is 12.1 Å². The predicted molar refractivity (Wildman–Crippen MR) is 101 cm³/mol. The molecule has 0 bridgehead atoms. The molecule has 0 radical (unpaired) electrons. The Balaban J connectivity index is 1.80. The zero-order valence-corrected chi connectivity index (χ0v) is 16.8. The van der Waals surface area contributed by atoms with Gasteiger partial charge in [0.05, 0.1) is 17.0 Å². The van der Waals surface area contributed by atoms with Crippen LogP contribution in [0.2, 0.25) is 0 Å². The van der Waals surface area contributed by atoms with Crippen molar-refractivity contribution in [3.8, 4) is 6.01 Å². The second-order valence-electron chi connectivity index (χ2n) is 6.87. The summed E-state index contributed by atoms with van der Waals surface area (Å²) in [5.74, 6) is -4.23. The molecule has 0 N–H and O–H groups in total. The van der Waals surface area contributed by atoms with Crippen molar-refractivity contribution in [1.82, 2.24) is 14.9 Å². The number of piperidine rings is 1. The fourth-order valence-electron chi connectivity index (χ4n) is 3.27.